The van der Waals surface area contributed by atoms with Gasteiger partial charge in [-0.3, -0.25) is 4.90 Å². The zero-order valence-corrected chi connectivity index (χ0v) is 14.6. The van der Waals surface area contributed by atoms with E-state index >= 15 is 0 Å². The highest BCUT2D eigenvalue weighted by atomic mass is 35.5. The molecule has 1 fully saturated rings. The van der Waals surface area contributed by atoms with Crippen molar-refractivity contribution in [2.45, 2.75) is 38.7 Å². The molecular formula is C15H19ClF3N5O. The lowest BCUT2D eigenvalue weighted by atomic mass is 10.1. The third-order valence-electron chi connectivity index (χ3n) is 4.13. The van der Waals surface area contributed by atoms with E-state index in [1.165, 1.54) is 10.7 Å². The average molecular weight is 378 g/mol. The Hall–Kier alpha value is -1.71. The first-order valence-corrected chi connectivity index (χ1v) is 7.64. The minimum Gasteiger partial charge on any atom is -0.378 e. The Labute approximate surface area is 149 Å². The third kappa shape index (κ3) is 4.28. The van der Waals surface area contributed by atoms with E-state index in [2.05, 4.69) is 20.4 Å². The Bertz CT molecular complexity index is 698. The third-order valence-corrected chi connectivity index (χ3v) is 4.13. The smallest absolute Gasteiger partial charge is 0.378 e. The number of rotatable bonds is 3. The van der Waals surface area contributed by atoms with Gasteiger partial charge in [-0.2, -0.15) is 17.9 Å². The molecule has 138 valence electrons. The lowest BCUT2D eigenvalue weighted by Gasteiger charge is -2.38. The Morgan fingerprint density at radius 3 is 2.52 bits per heavy atom. The second-order valence-corrected chi connectivity index (χ2v) is 5.96. The summed E-state index contributed by atoms with van der Waals surface area (Å²) in [5, 5.41) is 11.5. The van der Waals surface area contributed by atoms with Crippen LogP contribution in [0, 0.1) is 0 Å². The highest BCUT2D eigenvalue weighted by Crippen LogP contribution is 2.30. The molecule has 0 amide bonds. The monoisotopic (exact) mass is 377 g/mol. The molecular weight excluding hydrogens is 359 g/mol. The first kappa shape index (κ1) is 19.6. The maximum Gasteiger partial charge on any atom is 0.416 e. The largest absolute Gasteiger partial charge is 0.416 e. The standard InChI is InChI=1S/C15H18F3N5O.ClH/c1-10-8-24-9-11(2)22(10)7-14-19-20-21-23(14)13-5-3-4-12(6-13)15(16,17)18;/h3-6,10-11H,7-9H2,1-2H3;1H/t10-,11+;. The van der Waals surface area contributed by atoms with Crippen LogP contribution in [0.15, 0.2) is 24.3 Å². The van der Waals surface area contributed by atoms with E-state index in [9.17, 15) is 13.2 Å². The van der Waals surface area contributed by atoms with Gasteiger partial charge in [0.15, 0.2) is 5.82 Å². The fourth-order valence-corrected chi connectivity index (χ4v) is 2.83. The maximum atomic E-state index is 12.9. The molecule has 1 saturated heterocycles. The number of alkyl halides is 3. The lowest BCUT2D eigenvalue weighted by Crippen LogP contribution is -2.49. The lowest BCUT2D eigenvalue weighted by molar-refractivity contribution is -0.137. The minimum absolute atomic E-state index is 0. The van der Waals surface area contributed by atoms with Crippen LogP contribution in [0.1, 0.15) is 25.2 Å². The number of halogens is 4. The molecule has 6 nitrogen and oxygen atoms in total. The number of tetrazole rings is 1. The van der Waals surface area contributed by atoms with Crippen LogP contribution in [0.25, 0.3) is 5.69 Å². The number of aromatic nitrogens is 4. The number of benzene rings is 1. The second-order valence-electron chi connectivity index (χ2n) is 5.96. The molecule has 0 radical (unpaired) electrons. The van der Waals surface area contributed by atoms with Crippen LogP contribution in [0.5, 0.6) is 0 Å². The predicted molar refractivity (Wildman–Crippen MR) is 86.7 cm³/mol. The quantitative estimate of drug-likeness (QED) is 0.823. The summed E-state index contributed by atoms with van der Waals surface area (Å²) in [6, 6.07) is 5.34. The summed E-state index contributed by atoms with van der Waals surface area (Å²) in [5.74, 6) is 0.495. The molecule has 3 rings (SSSR count). The topological polar surface area (TPSA) is 56.1 Å². The number of morpholine rings is 1. The van der Waals surface area contributed by atoms with Gasteiger partial charge in [0.1, 0.15) is 0 Å². The summed E-state index contributed by atoms with van der Waals surface area (Å²) in [7, 11) is 0. The van der Waals surface area contributed by atoms with E-state index in [0.717, 1.165) is 12.1 Å². The van der Waals surface area contributed by atoms with E-state index in [1.54, 1.807) is 6.07 Å². The summed E-state index contributed by atoms with van der Waals surface area (Å²) >= 11 is 0. The van der Waals surface area contributed by atoms with E-state index in [0.29, 0.717) is 31.3 Å². The van der Waals surface area contributed by atoms with Crippen molar-refractivity contribution in [3.8, 4) is 5.69 Å². The SMILES string of the molecule is C[C@@H]1COC[C@H](C)N1Cc1nnnn1-c1cccc(C(F)(F)F)c1.Cl. The Kier molecular flexibility index (Phi) is 6.02. The molecule has 0 saturated carbocycles. The first-order valence-electron chi connectivity index (χ1n) is 7.64. The van der Waals surface area contributed by atoms with Crippen LogP contribution >= 0.6 is 12.4 Å². The molecule has 2 atom stereocenters. The molecule has 2 aromatic rings. The van der Waals surface area contributed by atoms with Crippen molar-refractivity contribution >= 4 is 12.4 Å². The Morgan fingerprint density at radius 2 is 1.88 bits per heavy atom. The van der Waals surface area contributed by atoms with Gasteiger partial charge in [0.25, 0.3) is 0 Å². The molecule has 1 aromatic heterocycles. The summed E-state index contributed by atoms with van der Waals surface area (Å²) < 4.78 is 45.5. The summed E-state index contributed by atoms with van der Waals surface area (Å²) in [6.07, 6.45) is -4.41. The van der Waals surface area contributed by atoms with Gasteiger partial charge in [-0.1, -0.05) is 6.07 Å². The van der Waals surface area contributed by atoms with Crippen molar-refractivity contribution < 1.29 is 17.9 Å². The number of ether oxygens (including phenoxy) is 1. The van der Waals surface area contributed by atoms with Crippen LogP contribution in [0.2, 0.25) is 0 Å². The second kappa shape index (κ2) is 7.67. The van der Waals surface area contributed by atoms with Gasteiger partial charge in [-0.15, -0.1) is 17.5 Å². The molecule has 25 heavy (non-hydrogen) atoms. The van der Waals surface area contributed by atoms with Crippen LogP contribution < -0.4 is 0 Å². The van der Waals surface area contributed by atoms with Crippen LogP contribution in [0.3, 0.4) is 0 Å². The van der Waals surface area contributed by atoms with Crippen molar-refractivity contribution in [2.75, 3.05) is 13.2 Å². The van der Waals surface area contributed by atoms with Crippen molar-refractivity contribution in [3.63, 3.8) is 0 Å². The molecule has 1 aliphatic heterocycles. The molecule has 0 bridgehead atoms. The van der Waals surface area contributed by atoms with E-state index < -0.39 is 11.7 Å². The molecule has 10 heteroatoms. The van der Waals surface area contributed by atoms with E-state index in [-0.39, 0.29) is 24.5 Å². The van der Waals surface area contributed by atoms with Gasteiger partial charge < -0.3 is 4.74 Å². The van der Waals surface area contributed by atoms with Gasteiger partial charge >= 0.3 is 6.18 Å². The van der Waals surface area contributed by atoms with Gasteiger partial charge in [0, 0.05) is 12.1 Å². The summed E-state index contributed by atoms with van der Waals surface area (Å²) in [5.41, 5.74) is -0.437. The maximum absolute atomic E-state index is 12.9. The van der Waals surface area contributed by atoms with Crippen molar-refractivity contribution in [1.29, 1.82) is 0 Å². The van der Waals surface area contributed by atoms with Crippen molar-refractivity contribution in [3.05, 3.63) is 35.7 Å². The molecule has 1 aromatic carbocycles. The molecule has 0 unspecified atom stereocenters. The fraction of sp³-hybridized carbons (Fsp3) is 0.533. The predicted octanol–water partition coefficient (Wildman–Crippen LogP) is 2.71. The Morgan fingerprint density at radius 1 is 1.20 bits per heavy atom. The van der Waals surface area contributed by atoms with Crippen molar-refractivity contribution in [1.82, 2.24) is 25.1 Å². The summed E-state index contributed by atoms with van der Waals surface area (Å²) in [4.78, 5) is 2.18. The van der Waals surface area contributed by atoms with Crippen LogP contribution in [-0.2, 0) is 17.5 Å². The van der Waals surface area contributed by atoms with Crippen LogP contribution in [-0.4, -0.2) is 50.4 Å². The molecule has 0 aliphatic carbocycles. The average Bonchev–Trinajstić information content (AvgIpc) is 2.99. The highest BCUT2D eigenvalue weighted by Gasteiger charge is 2.31. The molecule has 0 N–H and O–H groups in total. The number of hydrogen-bond donors (Lipinski definition) is 0. The minimum atomic E-state index is -4.41. The zero-order valence-electron chi connectivity index (χ0n) is 13.8. The zero-order chi connectivity index (χ0) is 17.3. The normalized spacial score (nSPS) is 21.8. The van der Waals surface area contributed by atoms with E-state index in [4.69, 9.17) is 4.74 Å². The first-order chi connectivity index (χ1) is 11.4. The van der Waals surface area contributed by atoms with Crippen LogP contribution in [0.4, 0.5) is 13.2 Å². The van der Waals surface area contributed by atoms with Gasteiger partial charge in [0.2, 0.25) is 0 Å². The highest BCUT2D eigenvalue weighted by molar-refractivity contribution is 5.85. The Balaban J connectivity index is 0.00000225. The van der Waals surface area contributed by atoms with Gasteiger partial charge in [-0.25, -0.2) is 0 Å². The summed E-state index contributed by atoms with van der Waals surface area (Å²) in [6.45, 7) is 5.72. The fourth-order valence-electron chi connectivity index (χ4n) is 2.83. The molecule has 2 heterocycles. The van der Waals surface area contributed by atoms with Gasteiger partial charge in [-0.05, 0) is 42.5 Å². The number of hydrogen-bond acceptors (Lipinski definition) is 5. The molecule has 1 aliphatic rings. The van der Waals surface area contributed by atoms with Crippen molar-refractivity contribution in [2.24, 2.45) is 0 Å². The van der Waals surface area contributed by atoms with E-state index in [1.807, 2.05) is 13.8 Å². The molecule has 0 spiro atoms. The number of nitrogens with zero attached hydrogens (tertiary/aromatic N) is 5. The van der Waals surface area contributed by atoms with Gasteiger partial charge in [0.05, 0.1) is 31.0 Å².